The summed E-state index contributed by atoms with van der Waals surface area (Å²) in [5.74, 6) is -0.639. The van der Waals surface area contributed by atoms with Crippen LogP contribution in [0.3, 0.4) is 0 Å². The molecule has 1 atom stereocenters. The molecular weight excluding hydrogens is 253 g/mol. The van der Waals surface area contributed by atoms with Crippen molar-refractivity contribution in [3.05, 3.63) is 12.7 Å². The van der Waals surface area contributed by atoms with Gasteiger partial charge in [0.1, 0.15) is 15.5 Å². The molecule has 94 valence electrons. The number of rotatable bonds is 8. The Morgan fingerprint density at radius 3 is 2.41 bits per heavy atom. The molecule has 0 rings (SSSR count). The maximum Gasteiger partial charge on any atom is 1.00 e. The van der Waals surface area contributed by atoms with E-state index in [-0.39, 0.29) is 36.0 Å². The molecule has 0 fully saturated rings. The normalized spacial score (nSPS) is 12.4. The van der Waals surface area contributed by atoms with Gasteiger partial charge in [-0.25, -0.2) is 8.42 Å². The first-order valence-corrected chi connectivity index (χ1v) is 6.76. The van der Waals surface area contributed by atoms with Crippen LogP contribution in [0.2, 0.25) is 0 Å². The van der Waals surface area contributed by atoms with Gasteiger partial charge in [0.15, 0.2) is 0 Å². The van der Waals surface area contributed by atoms with E-state index in [9.17, 15) is 17.8 Å². The van der Waals surface area contributed by atoms with E-state index in [2.05, 4.69) is 11.9 Å². The molecule has 0 aliphatic carbocycles. The van der Waals surface area contributed by atoms with Crippen molar-refractivity contribution >= 4 is 16.0 Å². The first-order chi connectivity index (χ1) is 7.41. The maximum atomic E-state index is 10.9. The van der Waals surface area contributed by atoms with Gasteiger partial charge in [0.2, 0.25) is 5.91 Å². The van der Waals surface area contributed by atoms with Gasteiger partial charge in [0.05, 0.1) is 0 Å². The minimum atomic E-state index is -4.49. The van der Waals surface area contributed by atoms with Crippen LogP contribution in [0.1, 0.15) is 39.0 Å². The molecule has 0 saturated carbocycles. The number of hydrogen-bond acceptors (Lipinski definition) is 4. The quantitative estimate of drug-likeness (QED) is 0.243. The molecule has 0 radical (unpaired) electrons. The van der Waals surface area contributed by atoms with Crippen LogP contribution in [0.4, 0.5) is 0 Å². The largest absolute Gasteiger partial charge is 1.00 e. The van der Waals surface area contributed by atoms with Gasteiger partial charge in [-0.3, -0.25) is 4.79 Å². The maximum absolute atomic E-state index is 10.9. The summed E-state index contributed by atoms with van der Waals surface area (Å²) < 4.78 is 32.5. The molecular formula is C10H18NNaO4S. The third-order valence-corrected chi connectivity index (χ3v) is 3.21. The second-order valence-electron chi connectivity index (χ2n) is 3.54. The van der Waals surface area contributed by atoms with Gasteiger partial charge in [0.25, 0.3) is 0 Å². The van der Waals surface area contributed by atoms with Crippen LogP contribution >= 0.6 is 0 Å². The van der Waals surface area contributed by atoms with Crippen molar-refractivity contribution in [2.45, 2.75) is 44.4 Å². The van der Waals surface area contributed by atoms with Gasteiger partial charge >= 0.3 is 29.6 Å². The standard InChI is InChI=1S/C10H19NO4S.Na/c1-3-5-6-7-8-10(16(13,14)15)11-9(12)4-2;/h4,10H,2-3,5-8H2,1H3,(H,11,12)(H,13,14,15);/q;+1/p-1. The average molecular weight is 271 g/mol. The van der Waals surface area contributed by atoms with Crippen molar-refractivity contribution < 1.29 is 47.3 Å². The molecule has 0 bridgehead atoms. The molecule has 0 aromatic heterocycles. The summed E-state index contributed by atoms with van der Waals surface area (Å²) in [6.45, 7) is 5.23. The zero-order valence-electron chi connectivity index (χ0n) is 10.4. The van der Waals surface area contributed by atoms with Crippen LogP contribution in [0.15, 0.2) is 12.7 Å². The molecule has 7 heteroatoms. The number of carbonyl (C=O) groups excluding carboxylic acids is 1. The summed E-state index contributed by atoms with van der Waals surface area (Å²) in [6, 6.07) is 0. The van der Waals surface area contributed by atoms with Crippen LogP contribution in [0.25, 0.3) is 0 Å². The fourth-order valence-electron chi connectivity index (χ4n) is 1.26. The fourth-order valence-corrected chi connectivity index (χ4v) is 1.98. The number of hydrogen-bond donors (Lipinski definition) is 1. The van der Waals surface area contributed by atoms with Crippen molar-refractivity contribution in [1.82, 2.24) is 5.32 Å². The second-order valence-corrected chi connectivity index (χ2v) is 5.10. The smallest absolute Gasteiger partial charge is 0.746 e. The predicted molar refractivity (Wildman–Crippen MR) is 60.6 cm³/mol. The minimum absolute atomic E-state index is 0. The van der Waals surface area contributed by atoms with Gasteiger partial charge in [-0.2, -0.15) is 0 Å². The van der Waals surface area contributed by atoms with Crippen LogP contribution in [0.5, 0.6) is 0 Å². The van der Waals surface area contributed by atoms with Crippen molar-refractivity contribution in [3.63, 3.8) is 0 Å². The van der Waals surface area contributed by atoms with Crippen molar-refractivity contribution in [1.29, 1.82) is 0 Å². The molecule has 0 saturated heterocycles. The fraction of sp³-hybridized carbons (Fsp3) is 0.700. The van der Waals surface area contributed by atoms with E-state index >= 15 is 0 Å². The SMILES string of the molecule is C=CC(=O)NC(CCCCCC)S(=O)(=O)[O-].[Na+]. The summed E-state index contributed by atoms with van der Waals surface area (Å²) in [5, 5.41) is 0.788. The topological polar surface area (TPSA) is 86.3 Å². The third kappa shape index (κ3) is 9.79. The van der Waals surface area contributed by atoms with Gasteiger partial charge in [-0.15, -0.1) is 0 Å². The Kier molecular flexibility index (Phi) is 11.5. The molecule has 0 spiro atoms. The number of nitrogens with one attached hydrogen (secondary N) is 1. The Morgan fingerprint density at radius 1 is 1.41 bits per heavy atom. The molecule has 17 heavy (non-hydrogen) atoms. The van der Waals surface area contributed by atoms with E-state index in [1.54, 1.807) is 0 Å². The Hall–Kier alpha value is 0.120. The predicted octanol–water partition coefficient (Wildman–Crippen LogP) is -1.87. The zero-order chi connectivity index (χ0) is 12.6. The second kappa shape index (κ2) is 10.1. The number of carbonyl (C=O) groups is 1. The van der Waals surface area contributed by atoms with E-state index in [1.165, 1.54) is 0 Å². The molecule has 1 amide bonds. The van der Waals surface area contributed by atoms with Gasteiger partial charge in [-0.1, -0.05) is 39.2 Å². The first-order valence-electron chi connectivity index (χ1n) is 5.29. The summed E-state index contributed by atoms with van der Waals surface area (Å²) in [6.07, 6.45) is 4.58. The van der Waals surface area contributed by atoms with E-state index in [1.807, 2.05) is 6.92 Å². The molecule has 0 aliphatic rings. The third-order valence-electron chi connectivity index (χ3n) is 2.16. The minimum Gasteiger partial charge on any atom is -0.746 e. The van der Waals surface area contributed by atoms with Crippen molar-refractivity contribution in [2.24, 2.45) is 0 Å². The average Bonchev–Trinajstić information content (AvgIpc) is 2.20. The number of amides is 1. The van der Waals surface area contributed by atoms with Gasteiger partial charge in [0, 0.05) is 0 Å². The van der Waals surface area contributed by atoms with E-state index in [0.717, 1.165) is 25.3 Å². The van der Waals surface area contributed by atoms with Gasteiger partial charge < -0.3 is 9.87 Å². The first kappa shape index (κ1) is 19.5. The molecule has 0 aromatic rings. The molecule has 5 nitrogen and oxygen atoms in total. The summed E-state index contributed by atoms with van der Waals surface area (Å²) >= 11 is 0. The Morgan fingerprint density at radius 2 is 2.00 bits per heavy atom. The monoisotopic (exact) mass is 271 g/mol. The van der Waals surface area contributed by atoms with Crippen LogP contribution in [0, 0.1) is 0 Å². The molecule has 1 unspecified atom stereocenters. The van der Waals surface area contributed by atoms with Gasteiger partial charge in [-0.05, 0) is 12.5 Å². The van der Waals surface area contributed by atoms with Crippen LogP contribution < -0.4 is 34.9 Å². The summed E-state index contributed by atoms with van der Waals surface area (Å²) in [5.41, 5.74) is 0. The Labute approximate surface area is 125 Å². The van der Waals surface area contributed by atoms with Crippen molar-refractivity contribution in [3.8, 4) is 0 Å². The summed E-state index contributed by atoms with van der Waals surface area (Å²) in [7, 11) is -4.49. The Balaban J connectivity index is 0. The van der Waals surface area contributed by atoms with Crippen LogP contribution in [-0.2, 0) is 14.9 Å². The zero-order valence-corrected chi connectivity index (χ0v) is 13.3. The molecule has 0 aliphatic heterocycles. The van der Waals surface area contributed by atoms with E-state index < -0.39 is 21.4 Å². The van der Waals surface area contributed by atoms with Crippen LogP contribution in [-0.4, -0.2) is 24.3 Å². The summed E-state index contributed by atoms with van der Waals surface area (Å²) in [4.78, 5) is 10.9. The molecule has 0 aromatic carbocycles. The molecule has 1 N–H and O–H groups in total. The number of unbranched alkanes of at least 4 members (excludes halogenated alkanes) is 3. The van der Waals surface area contributed by atoms with E-state index in [0.29, 0.717) is 6.42 Å². The van der Waals surface area contributed by atoms with E-state index in [4.69, 9.17) is 0 Å². The van der Waals surface area contributed by atoms with Crippen molar-refractivity contribution in [2.75, 3.05) is 0 Å². The molecule has 0 heterocycles. The Bertz CT molecular complexity index is 329.